The summed E-state index contributed by atoms with van der Waals surface area (Å²) in [5.74, 6) is 0.183. The summed E-state index contributed by atoms with van der Waals surface area (Å²) in [5.41, 5.74) is 1.99. The number of benzene rings is 2. The molecule has 1 heterocycles. The molecule has 0 bridgehead atoms. The molecule has 0 aliphatic carbocycles. The van der Waals surface area contributed by atoms with E-state index in [1.807, 2.05) is 18.2 Å². The first kappa shape index (κ1) is 13.7. The van der Waals surface area contributed by atoms with Crippen LogP contribution in [0.4, 0.5) is 11.4 Å². The molecule has 2 aromatic rings. The second kappa shape index (κ2) is 5.58. The Kier molecular flexibility index (Phi) is 3.81. The van der Waals surface area contributed by atoms with Crippen LogP contribution in [0, 0.1) is 0 Å². The second-order valence-electron chi connectivity index (χ2n) is 4.82. The highest BCUT2D eigenvalue weighted by Crippen LogP contribution is 2.53. The summed E-state index contributed by atoms with van der Waals surface area (Å²) in [6.45, 7) is 3.05. The number of unbranched alkanes of at least 4 members (excludes halogenated alkanes) is 1. The Hall–Kier alpha value is -1.32. The van der Waals surface area contributed by atoms with E-state index in [0.29, 0.717) is 5.02 Å². The van der Waals surface area contributed by atoms with Crippen LogP contribution >= 0.6 is 23.4 Å². The van der Waals surface area contributed by atoms with Crippen molar-refractivity contribution in [3.8, 4) is 5.75 Å². The molecule has 20 heavy (non-hydrogen) atoms. The zero-order chi connectivity index (χ0) is 14.1. The normalized spacial score (nSPS) is 13.0. The smallest absolute Gasteiger partial charge is 0.159 e. The molecule has 1 aliphatic heterocycles. The van der Waals surface area contributed by atoms with E-state index in [-0.39, 0.29) is 5.75 Å². The maximum atomic E-state index is 10.4. The van der Waals surface area contributed by atoms with Crippen LogP contribution in [0.2, 0.25) is 5.02 Å². The number of anilines is 2. The summed E-state index contributed by atoms with van der Waals surface area (Å²) >= 11 is 7.77. The van der Waals surface area contributed by atoms with E-state index in [2.05, 4.69) is 24.0 Å². The van der Waals surface area contributed by atoms with Crippen molar-refractivity contribution in [2.75, 3.05) is 11.4 Å². The summed E-state index contributed by atoms with van der Waals surface area (Å²) in [7, 11) is 0. The fourth-order valence-electron chi connectivity index (χ4n) is 2.43. The van der Waals surface area contributed by atoms with Crippen molar-refractivity contribution in [2.24, 2.45) is 0 Å². The van der Waals surface area contributed by atoms with Crippen LogP contribution in [0.5, 0.6) is 5.75 Å². The number of para-hydroxylation sites is 1. The Morgan fingerprint density at radius 2 is 1.95 bits per heavy atom. The average Bonchev–Trinajstić information content (AvgIpc) is 2.47. The third-order valence-electron chi connectivity index (χ3n) is 3.45. The van der Waals surface area contributed by atoms with Crippen molar-refractivity contribution in [1.29, 1.82) is 0 Å². The van der Waals surface area contributed by atoms with Gasteiger partial charge in [-0.05, 0) is 30.7 Å². The Bertz CT molecular complexity index is 644. The van der Waals surface area contributed by atoms with Crippen molar-refractivity contribution < 1.29 is 5.11 Å². The van der Waals surface area contributed by atoms with Crippen molar-refractivity contribution in [1.82, 2.24) is 0 Å². The third-order valence-corrected chi connectivity index (χ3v) is 4.87. The number of nitrogens with zero attached hydrogens (tertiary/aromatic N) is 1. The maximum Gasteiger partial charge on any atom is 0.159 e. The molecule has 0 aromatic heterocycles. The minimum absolute atomic E-state index is 0.183. The minimum Gasteiger partial charge on any atom is -0.504 e. The zero-order valence-electron chi connectivity index (χ0n) is 11.3. The van der Waals surface area contributed by atoms with E-state index < -0.39 is 0 Å². The molecule has 1 aliphatic rings. The fourth-order valence-corrected chi connectivity index (χ4v) is 3.69. The van der Waals surface area contributed by atoms with Crippen LogP contribution in [-0.2, 0) is 0 Å². The van der Waals surface area contributed by atoms with Gasteiger partial charge in [-0.1, -0.05) is 48.8 Å². The highest BCUT2D eigenvalue weighted by molar-refractivity contribution is 7.99. The molecule has 2 nitrogen and oxygen atoms in total. The maximum absolute atomic E-state index is 10.4. The first-order valence-electron chi connectivity index (χ1n) is 6.78. The molecule has 2 aromatic carbocycles. The van der Waals surface area contributed by atoms with E-state index in [0.717, 1.165) is 35.7 Å². The standard InChI is InChI=1S/C16H16ClNOS/c1-2-3-10-18-12-6-4-5-7-13(12)20-14-9-8-11(17)16(19)15(14)18/h4-9,19H,2-3,10H2,1H3. The molecule has 4 heteroatoms. The van der Waals surface area contributed by atoms with Gasteiger partial charge in [-0.15, -0.1) is 0 Å². The number of phenolic OH excluding ortho intramolecular Hbond substituents is 1. The number of hydrogen-bond donors (Lipinski definition) is 1. The lowest BCUT2D eigenvalue weighted by molar-refractivity contribution is 0.473. The molecule has 0 atom stereocenters. The van der Waals surface area contributed by atoms with E-state index in [1.165, 1.54) is 4.90 Å². The molecule has 0 saturated carbocycles. The summed E-state index contributed by atoms with van der Waals surface area (Å²) < 4.78 is 0. The van der Waals surface area contributed by atoms with E-state index in [1.54, 1.807) is 17.8 Å². The van der Waals surface area contributed by atoms with Crippen molar-refractivity contribution in [3.05, 3.63) is 41.4 Å². The predicted molar refractivity (Wildman–Crippen MR) is 85.6 cm³/mol. The molecule has 104 valence electrons. The molecule has 0 radical (unpaired) electrons. The van der Waals surface area contributed by atoms with Gasteiger partial charge in [0.15, 0.2) is 5.75 Å². The van der Waals surface area contributed by atoms with Gasteiger partial charge in [-0.2, -0.15) is 0 Å². The highest BCUT2D eigenvalue weighted by atomic mass is 35.5. The molecule has 0 unspecified atom stereocenters. The topological polar surface area (TPSA) is 23.5 Å². The van der Waals surface area contributed by atoms with Gasteiger partial charge in [0, 0.05) is 16.3 Å². The van der Waals surface area contributed by atoms with Crippen molar-refractivity contribution >= 4 is 34.7 Å². The van der Waals surface area contributed by atoms with Crippen molar-refractivity contribution in [3.63, 3.8) is 0 Å². The van der Waals surface area contributed by atoms with Gasteiger partial charge in [0.25, 0.3) is 0 Å². The van der Waals surface area contributed by atoms with Gasteiger partial charge in [0.2, 0.25) is 0 Å². The fraction of sp³-hybridized carbons (Fsp3) is 0.250. The van der Waals surface area contributed by atoms with Crippen LogP contribution in [-0.4, -0.2) is 11.7 Å². The Balaban J connectivity index is 2.14. The Morgan fingerprint density at radius 3 is 2.75 bits per heavy atom. The summed E-state index contributed by atoms with van der Waals surface area (Å²) in [5, 5.41) is 10.8. The quantitative estimate of drug-likeness (QED) is 0.815. The minimum atomic E-state index is 0.183. The predicted octanol–water partition coefficient (Wildman–Crippen LogP) is 5.45. The van der Waals surface area contributed by atoms with E-state index >= 15 is 0 Å². The van der Waals surface area contributed by atoms with Gasteiger partial charge in [0.1, 0.15) is 0 Å². The van der Waals surface area contributed by atoms with Crippen LogP contribution in [0.1, 0.15) is 19.8 Å². The number of fused-ring (bicyclic) bond motifs is 2. The van der Waals surface area contributed by atoms with Crippen molar-refractivity contribution in [2.45, 2.75) is 29.6 Å². The van der Waals surface area contributed by atoms with Gasteiger partial charge in [-0.3, -0.25) is 0 Å². The molecular weight excluding hydrogens is 290 g/mol. The number of phenols is 1. The monoisotopic (exact) mass is 305 g/mol. The molecule has 0 saturated heterocycles. The van der Waals surface area contributed by atoms with Gasteiger partial charge < -0.3 is 10.0 Å². The van der Waals surface area contributed by atoms with E-state index in [4.69, 9.17) is 11.6 Å². The van der Waals surface area contributed by atoms with Gasteiger partial charge in [0.05, 0.1) is 16.4 Å². The Morgan fingerprint density at radius 1 is 1.15 bits per heavy atom. The lowest BCUT2D eigenvalue weighted by Gasteiger charge is -2.33. The number of hydrogen-bond acceptors (Lipinski definition) is 3. The van der Waals surface area contributed by atoms with Crippen LogP contribution in [0.3, 0.4) is 0 Å². The molecule has 0 spiro atoms. The lowest BCUT2D eigenvalue weighted by atomic mass is 10.2. The first-order valence-corrected chi connectivity index (χ1v) is 7.97. The van der Waals surface area contributed by atoms with Gasteiger partial charge in [-0.25, -0.2) is 0 Å². The Labute approximate surface area is 128 Å². The molecule has 0 fully saturated rings. The molecule has 1 N–H and O–H groups in total. The summed E-state index contributed by atoms with van der Waals surface area (Å²) in [6.07, 6.45) is 2.19. The molecule has 0 amide bonds. The zero-order valence-corrected chi connectivity index (χ0v) is 12.8. The van der Waals surface area contributed by atoms with E-state index in [9.17, 15) is 5.11 Å². The third kappa shape index (κ3) is 2.25. The average molecular weight is 306 g/mol. The molecular formula is C16H16ClNOS. The SMILES string of the molecule is CCCCN1c2ccccc2Sc2ccc(Cl)c(O)c21. The second-order valence-corrected chi connectivity index (χ2v) is 6.31. The number of aromatic hydroxyl groups is 1. The molecule has 3 rings (SSSR count). The largest absolute Gasteiger partial charge is 0.504 e. The number of halogens is 1. The van der Waals surface area contributed by atoms with Crippen LogP contribution in [0.15, 0.2) is 46.2 Å². The first-order chi connectivity index (χ1) is 9.72. The lowest BCUT2D eigenvalue weighted by Crippen LogP contribution is -2.22. The number of rotatable bonds is 3. The van der Waals surface area contributed by atoms with Crippen LogP contribution < -0.4 is 4.90 Å². The summed E-state index contributed by atoms with van der Waals surface area (Å²) in [6, 6.07) is 12.0. The summed E-state index contributed by atoms with van der Waals surface area (Å²) in [4.78, 5) is 4.46. The van der Waals surface area contributed by atoms with Crippen LogP contribution in [0.25, 0.3) is 0 Å². The highest BCUT2D eigenvalue weighted by Gasteiger charge is 2.26. The van der Waals surface area contributed by atoms with Gasteiger partial charge >= 0.3 is 0 Å².